The number of carbonyl (C=O) groups is 2. The average Bonchev–Trinajstić information content (AvgIpc) is 2.77. The smallest absolute Gasteiger partial charge is 0.242 e. The molecule has 0 unspecified atom stereocenters. The molecule has 0 aromatic heterocycles. The van der Waals surface area contributed by atoms with Gasteiger partial charge in [0.25, 0.3) is 0 Å². The highest BCUT2D eigenvalue weighted by Crippen LogP contribution is 2.22. The van der Waals surface area contributed by atoms with Gasteiger partial charge in [0.05, 0.1) is 11.9 Å². The third-order valence-electron chi connectivity index (χ3n) is 5.36. The maximum atomic E-state index is 14.2. The van der Waals surface area contributed by atoms with Crippen LogP contribution in [0.2, 0.25) is 0 Å². The summed E-state index contributed by atoms with van der Waals surface area (Å²) in [6.45, 7) is 5.68. The summed E-state index contributed by atoms with van der Waals surface area (Å²) in [6.07, 6.45) is 1.79. The highest BCUT2D eigenvalue weighted by Gasteiger charge is 2.27. The number of nitrogens with zero attached hydrogens (tertiary/aromatic N) is 2. The Kier molecular flexibility index (Phi) is 10.0. The molecule has 0 bridgehead atoms. The average molecular weight is 492 g/mol. The molecule has 186 valence electrons. The first-order valence-corrected chi connectivity index (χ1v) is 13.2. The standard InChI is InChI=1S/C25H34FN3O4S/c1-19(2)27-25(31)20(3)28(18-16-21-11-6-5-7-12-21)24(30)15-10-17-29(34(4,32)33)23-14-9-8-13-22(23)26/h5-9,11-14,19-20H,10,15-18H2,1-4H3,(H,27,31)/t20-/m1/s1. The van der Waals surface area contributed by atoms with Crippen LogP contribution in [0.1, 0.15) is 39.2 Å². The number of hydrogen-bond donors (Lipinski definition) is 1. The van der Waals surface area contributed by atoms with Crippen molar-refractivity contribution in [1.29, 1.82) is 0 Å². The molecule has 0 radical (unpaired) electrons. The van der Waals surface area contributed by atoms with Crippen LogP contribution < -0.4 is 9.62 Å². The molecule has 2 aromatic carbocycles. The monoisotopic (exact) mass is 491 g/mol. The summed E-state index contributed by atoms with van der Waals surface area (Å²) < 4.78 is 39.7. The van der Waals surface area contributed by atoms with Crippen molar-refractivity contribution in [2.45, 2.75) is 52.1 Å². The Morgan fingerprint density at radius 2 is 1.59 bits per heavy atom. The van der Waals surface area contributed by atoms with Crippen LogP contribution in [-0.2, 0) is 26.0 Å². The third kappa shape index (κ3) is 8.13. The van der Waals surface area contributed by atoms with Gasteiger partial charge in [-0.2, -0.15) is 0 Å². The molecule has 0 aliphatic rings. The van der Waals surface area contributed by atoms with Gasteiger partial charge in [0.15, 0.2) is 0 Å². The Hall–Kier alpha value is -2.94. The van der Waals surface area contributed by atoms with Crippen molar-refractivity contribution < 1.29 is 22.4 Å². The van der Waals surface area contributed by atoms with Gasteiger partial charge in [-0.15, -0.1) is 0 Å². The van der Waals surface area contributed by atoms with Crippen molar-refractivity contribution in [3.05, 3.63) is 66.0 Å². The van der Waals surface area contributed by atoms with Crippen LogP contribution in [-0.4, -0.2) is 56.6 Å². The summed E-state index contributed by atoms with van der Waals surface area (Å²) >= 11 is 0. The number of hydrogen-bond acceptors (Lipinski definition) is 4. The minimum Gasteiger partial charge on any atom is -0.352 e. The summed E-state index contributed by atoms with van der Waals surface area (Å²) in [4.78, 5) is 27.3. The Morgan fingerprint density at radius 3 is 2.18 bits per heavy atom. The maximum Gasteiger partial charge on any atom is 0.242 e. The van der Waals surface area contributed by atoms with Crippen LogP contribution in [0.5, 0.6) is 0 Å². The molecule has 2 amide bonds. The normalized spacial score (nSPS) is 12.3. The molecule has 0 aliphatic heterocycles. The topological polar surface area (TPSA) is 86.8 Å². The van der Waals surface area contributed by atoms with Crippen molar-refractivity contribution >= 4 is 27.5 Å². The van der Waals surface area contributed by atoms with Crippen molar-refractivity contribution in [3.63, 3.8) is 0 Å². The summed E-state index contributed by atoms with van der Waals surface area (Å²) in [7, 11) is -3.74. The fourth-order valence-electron chi connectivity index (χ4n) is 3.61. The van der Waals surface area contributed by atoms with E-state index in [2.05, 4.69) is 5.32 Å². The van der Waals surface area contributed by atoms with Gasteiger partial charge in [-0.05, 0) is 51.3 Å². The molecule has 0 heterocycles. The predicted molar refractivity (Wildman–Crippen MR) is 132 cm³/mol. The van der Waals surface area contributed by atoms with E-state index in [9.17, 15) is 22.4 Å². The Labute approximate surface area is 202 Å². The van der Waals surface area contributed by atoms with E-state index in [0.29, 0.717) is 13.0 Å². The lowest BCUT2D eigenvalue weighted by Crippen LogP contribution is -2.50. The first-order valence-electron chi connectivity index (χ1n) is 11.4. The van der Waals surface area contributed by atoms with E-state index in [0.717, 1.165) is 16.1 Å². The maximum absolute atomic E-state index is 14.2. The highest BCUT2D eigenvalue weighted by atomic mass is 32.2. The van der Waals surface area contributed by atoms with Crippen LogP contribution in [0.25, 0.3) is 0 Å². The van der Waals surface area contributed by atoms with E-state index >= 15 is 0 Å². The predicted octanol–water partition coefficient (Wildman–Crippen LogP) is 3.36. The van der Waals surface area contributed by atoms with Gasteiger partial charge in [0.2, 0.25) is 21.8 Å². The van der Waals surface area contributed by atoms with E-state index < -0.39 is 21.9 Å². The zero-order chi connectivity index (χ0) is 25.3. The van der Waals surface area contributed by atoms with E-state index in [1.54, 1.807) is 13.0 Å². The van der Waals surface area contributed by atoms with Gasteiger partial charge in [0, 0.05) is 25.6 Å². The number of carbonyl (C=O) groups excluding carboxylic acids is 2. The lowest BCUT2D eigenvalue weighted by atomic mass is 10.1. The van der Waals surface area contributed by atoms with Crippen LogP contribution in [0.3, 0.4) is 0 Å². The van der Waals surface area contributed by atoms with Crippen LogP contribution in [0.4, 0.5) is 10.1 Å². The molecule has 1 atom stereocenters. The van der Waals surface area contributed by atoms with Crippen LogP contribution in [0, 0.1) is 5.82 Å². The molecule has 7 nitrogen and oxygen atoms in total. The molecule has 0 saturated heterocycles. The van der Waals surface area contributed by atoms with Gasteiger partial charge in [-0.3, -0.25) is 13.9 Å². The van der Waals surface area contributed by atoms with E-state index in [-0.39, 0.29) is 42.9 Å². The number of para-hydroxylation sites is 1. The van der Waals surface area contributed by atoms with Gasteiger partial charge in [0.1, 0.15) is 11.9 Å². The molecule has 0 aliphatic carbocycles. The number of nitrogens with one attached hydrogen (secondary N) is 1. The van der Waals surface area contributed by atoms with E-state index in [1.165, 1.54) is 23.1 Å². The number of sulfonamides is 1. The number of benzene rings is 2. The first kappa shape index (κ1) is 27.3. The van der Waals surface area contributed by atoms with E-state index in [1.807, 2.05) is 44.2 Å². The molecule has 2 rings (SSSR count). The Balaban J connectivity index is 2.11. The second-order valence-electron chi connectivity index (χ2n) is 8.55. The zero-order valence-corrected chi connectivity index (χ0v) is 21.0. The van der Waals surface area contributed by atoms with E-state index in [4.69, 9.17) is 0 Å². The van der Waals surface area contributed by atoms with Crippen LogP contribution >= 0.6 is 0 Å². The highest BCUT2D eigenvalue weighted by molar-refractivity contribution is 7.92. The van der Waals surface area contributed by atoms with Crippen molar-refractivity contribution in [3.8, 4) is 0 Å². The summed E-state index contributed by atoms with van der Waals surface area (Å²) in [5, 5.41) is 2.84. The largest absolute Gasteiger partial charge is 0.352 e. The number of amides is 2. The Bertz CT molecular complexity index is 1060. The molecular weight excluding hydrogens is 457 g/mol. The number of rotatable bonds is 12. The Morgan fingerprint density at radius 1 is 0.971 bits per heavy atom. The molecule has 9 heteroatoms. The molecule has 34 heavy (non-hydrogen) atoms. The summed E-state index contributed by atoms with van der Waals surface area (Å²) in [5.41, 5.74) is 0.989. The SMILES string of the molecule is CC(C)NC(=O)[C@@H](C)N(CCc1ccccc1)C(=O)CCCN(c1ccccc1F)S(C)(=O)=O. The molecule has 0 spiro atoms. The minimum absolute atomic E-state index is 0.0224. The van der Waals surface area contributed by atoms with Crippen molar-refractivity contribution in [2.24, 2.45) is 0 Å². The lowest BCUT2D eigenvalue weighted by Gasteiger charge is -2.30. The van der Waals surface area contributed by atoms with Crippen LogP contribution in [0.15, 0.2) is 54.6 Å². The molecule has 0 saturated carbocycles. The quantitative estimate of drug-likeness (QED) is 0.493. The van der Waals surface area contributed by atoms with Gasteiger partial charge >= 0.3 is 0 Å². The molecule has 2 aromatic rings. The second kappa shape index (κ2) is 12.5. The molecule has 1 N–H and O–H groups in total. The lowest BCUT2D eigenvalue weighted by molar-refractivity contribution is -0.140. The fourth-order valence-corrected chi connectivity index (χ4v) is 4.58. The second-order valence-corrected chi connectivity index (χ2v) is 10.5. The van der Waals surface area contributed by atoms with Gasteiger partial charge < -0.3 is 10.2 Å². The summed E-state index contributed by atoms with van der Waals surface area (Å²) in [6, 6.07) is 14.5. The fraction of sp³-hybridized carbons (Fsp3) is 0.440. The van der Waals surface area contributed by atoms with Crippen molar-refractivity contribution in [2.75, 3.05) is 23.7 Å². The summed E-state index contributed by atoms with van der Waals surface area (Å²) in [5.74, 6) is -1.16. The van der Waals surface area contributed by atoms with Gasteiger partial charge in [-0.25, -0.2) is 12.8 Å². The zero-order valence-electron chi connectivity index (χ0n) is 20.2. The minimum atomic E-state index is -3.74. The molecular formula is C25H34FN3O4S. The molecule has 0 fully saturated rings. The van der Waals surface area contributed by atoms with Gasteiger partial charge in [-0.1, -0.05) is 42.5 Å². The van der Waals surface area contributed by atoms with Crippen molar-refractivity contribution in [1.82, 2.24) is 10.2 Å². The third-order valence-corrected chi connectivity index (χ3v) is 6.54. The first-order chi connectivity index (χ1) is 16.0. The number of anilines is 1. The number of halogens is 1.